The highest BCUT2D eigenvalue weighted by Gasteiger charge is 2.46. The summed E-state index contributed by atoms with van der Waals surface area (Å²) >= 11 is 0. The summed E-state index contributed by atoms with van der Waals surface area (Å²) in [6.07, 6.45) is 10.9. The first-order valence-electron chi connectivity index (χ1n) is 22.3. The predicted molar refractivity (Wildman–Crippen MR) is 271 cm³/mol. The number of carbonyl (C=O) groups is 2. The third-order valence-corrected chi connectivity index (χ3v) is 15.6. The number of rotatable bonds is 16. The van der Waals surface area contributed by atoms with Crippen molar-refractivity contribution in [2.45, 2.75) is 107 Å². The molecule has 7 rings (SSSR count). The Labute approximate surface area is 409 Å². The second kappa shape index (κ2) is 19.6. The Bertz CT molecular complexity index is 3450. The van der Waals surface area contributed by atoms with Crippen molar-refractivity contribution in [1.29, 1.82) is 0 Å². The number of fused-ring (bicyclic) bond motifs is 6. The molecule has 0 unspecified atom stereocenters. The number of nitrogens with zero attached hydrogens (tertiary/aromatic N) is 3. The van der Waals surface area contributed by atoms with E-state index in [9.17, 15) is 48.5 Å². The molecule has 0 aliphatic carbocycles. The molecule has 0 saturated heterocycles. The molecule has 5 N–H and O–H groups in total. The molecule has 0 saturated carbocycles. The van der Waals surface area contributed by atoms with Gasteiger partial charge in [-0.2, -0.15) is 29.8 Å². The minimum Gasteiger partial charge on any atom is -0.481 e. The van der Waals surface area contributed by atoms with Crippen LogP contribution in [0.5, 0.6) is 0 Å². The van der Waals surface area contributed by atoms with Gasteiger partial charge >= 0.3 is 5.97 Å². The standard InChI is InChI=1S/C50H54N4O12S3.CH4/c1-8-53-40-20-17-35-30(3)25-33(67(58,59)60)26-37(35)46(40)49(4,5)43(53)22-15-31(39-19-14-32(29-52-39)48(57)51-24-12-10-11-13-45(55)56)16-23-44-50(6,7)47-38-27-34(68(61,62)63)28-42(69(64,65)66)36(38)18-21-41(47)54(44)9-2;/h14-23,25-29H,8-13,24H2,1-7H3,(H4-,51,55,56,57,58,59,60,61,62,63,64,65,66);1H4/p+1. The van der Waals surface area contributed by atoms with Crippen LogP contribution in [0.3, 0.4) is 0 Å². The highest BCUT2D eigenvalue weighted by molar-refractivity contribution is 7.87. The lowest BCUT2D eigenvalue weighted by molar-refractivity contribution is -0.433. The zero-order valence-corrected chi connectivity index (χ0v) is 41.7. The first-order valence-corrected chi connectivity index (χ1v) is 26.6. The van der Waals surface area contributed by atoms with Crippen molar-refractivity contribution in [3.05, 3.63) is 125 Å². The van der Waals surface area contributed by atoms with Crippen LogP contribution in [-0.2, 0) is 46.0 Å². The lowest BCUT2D eigenvalue weighted by Gasteiger charge is -2.26. The Kier molecular flexibility index (Phi) is 14.9. The Hall–Kier alpha value is -6.09. The summed E-state index contributed by atoms with van der Waals surface area (Å²) in [5, 5.41) is 13.6. The average molecular weight is 1020 g/mol. The fraction of sp³-hybridized carbons (Fsp3) is 0.333. The van der Waals surface area contributed by atoms with Crippen molar-refractivity contribution in [2.24, 2.45) is 0 Å². The number of aryl methyl sites for hydroxylation is 1. The summed E-state index contributed by atoms with van der Waals surface area (Å²) in [6, 6.07) is 15.4. The number of carboxylic acids is 1. The Morgan fingerprint density at radius 3 is 2.00 bits per heavy atom. The number of allylic oxidation sites excluding steroid dienone is 6. The highest BCUT2D eigenvalue weighted by atomic mass is 32.2. The van der Waals surface area contributed by atoms with Crippen molar-refractivity contribution < 1.29 is 58.2 Å². The normalized spacial score (nSPS) is 16.3. The number of carbonyl (C=O) groups excluding carboxylic acids is 1. The van der Waals surface area contributed by atoms with E-state index in [1.165, 1.54) is 30.5 Å². The summed E-state index contributed by atoms with van der Waals surface area (Å²) in [5.41, 5.74) is 5.02. The fourth-order valence-electron chi connectivity index (χ4n) is 9.83. The number of hydrogen-bond acceptors (Lipinski definition) is 10. The highest BCUT2D eigenvalue weighted by Crippen LogP contribution is 2.52. The summed E-state index contributed by atoms with van der Waals surface area (Å²) < 4.78 is 107. The second-order valence-electron chi connectivity index (χ2n) is 18.2. The second-order valence-corrected chi connectivity index (χ2v) is 22.5. The molecule has 2 aliphatic heterocycles. The first kappa shape index (κ1) is 53.3. The van der Waals surface area contributed by atoms with Gasteiger partial charge < -0.3 is 15.3 Å². The predicted octanol–water partition coefficient (Wildman–Crippen LogP) is 9.18. The molecule has 0 fully saturated rings. The van der Waals surface area contributed by atoms with Crippen LogP contribution in [-0.4, -0.2) is 90.8 Å². The minimum absolute atomic E-state index is 0. The summed E-state index contributed by atoms with van der Waals surface area (Å²) in [5.74, 6) is -1.22. The Morgan fingerprint density at radius 2 is 1.41 bits per heavy atom. The molecule has 3 heterocycles. The van der Waals surface area contributed by atoms with Gasteiger partial charge in [0, 0.05) is 71.2 Å². The van der Waals surface area contributed by atoms with Crippen molar-refractivity contribution in [3.8, 4) is 0 Å². The molecule has 2 aliphatic rings. The van der Waals surface area contributed by atoms with Crippen LogP contribution in [0.1, 0.15) is 107 Å². The van der Waals surface area contributed by atoms with Crippen LogP contribution < -0.4 is 10.2 Å². The smallest absolute Gasteiger partial charge is 0.303 e. The molecular weight excluding hydrogens is 957 g/mol. The van der Waals surface area contributed by atoms with E-state index in [1.807, 2.05) is 82.9 Å². The Balaban J connectivity index is 0.00000804. The molecule has 1 amide bonds. The van der Waals surface area contributed by atoms with E-state index in [1.54, 1.807) is 25.1 Å². The van der Waals surface area contributed by atoms with Gasteiger partial charge in [-0.25, -0.2) is 0 Å². The molecule has 70 heavy (non-hydrogen) atoms. The monoisotopic (exact) mass is 1020 g/mol. The van der Waals surface area contributed by atoms with Gasteiger partial charge in [0.25, 0.3) is 36.3 Å². The van der Waals surface area contributed by atoms with Gasteiger partial charge in [-0.05, 0) is 135 Å². The van der Waals surface area contributed by atoms with Crippen LogP contribution in [0.15, 0.2) is 112 Å². The van der Waals surface area contributed by atoms with Gasteiger partial charge in [0.1, 0.15) is 11.4 Å². The quantitative estimate of drug-likeness (QED) is 0.0268. The zero-order valence-electron chi connectivity index (χ0n) is 39.2. The van der Waals surface area contributed by atoms with Gasteiger partial charge in [0.15, 0.2) is 5.71 Å². The van der Waals surface area contributed by atoms with Crippen LogP contribution in [0.4, 0.5) is 11.4 Å². The van der Waals surface area contributed by atoms with Crippen molar-refractivity contribution in [3.63, 3.8) is 0 Å². The van der Waals surface area contributed by atoms with Gasteiger partial charge in [-0.15, -0.1) is 0 Å². The molecule has 0 atom stereocenters. The topological polar surface area (TPSA) is 249 Å². The van der Waals surface area contributed by atoms with E-state index in [4.69, 9.17) is 10.1 Å². The van der Waals surface area contributed by atoms with Crippen LogP contribution >= 0.6 is 0 Å². The third-order valence-electron chi connectivity index (χ3n) is 13.1. The number of pyridine rings is 1. The molecule has 0 spiro atoms. The molecule has 4 aromatic carbocycles. The van der Waals surface area contributed by atoms with Gasteiger partial charge in [0.05, 0.1) is 26.5 Å². The summed E-state index contributed by atoms with van der Waals surface area (Å²) in [6.45, 7) is 14.9. The van der Waals surface area contributed by atoms with E-state index in [0.717, 1.165) is 34.1 Å². The summed E-state index contributed by atoms with van der Waals surface area (Å²) in [4.78, 5) is 29.2. The van der Waals surface area contributed by atoms with Crippen molar-refractivity contribution in [2.75, 3.05) is 24.5 Å². The van der Waals surface area contributed by atoms with Crippen molar-refractivity contribution >= 4 is 86.4 Å². The number of hydrogen-bond donors (Lipinski definition) is 5. The molecule has 16 nitrogen and oxygen atoms in total. The maximum atomic E-state index is 13.2. The largest absolute Gasteiger partial charge is 0.481 e. The van der Waals surface area contributed by atoms with E-state index >= 15 is 0 Å². The zero-order chi connectivity index (χ0) is 50.6. The van der Waals surface area contributed by atoms with Gasteiger partial charge in [0.2, 0.25) is 5.69 Å². The van der Waals surface area contributed by atoms with Crippen LogP contribution in [0, 0.1) is 6.92 Å². The van der Waals surface area contributed by atoms with Crippen LogP contribution in [0.25, 0.3) is 27.1 Å². The third kappa shape index (κ3) is 10.1. The lowest BCUT2D eigenvalue weighted by atomic mass is 9.78. The lowest BCUT2D eigenvalue weighted by Crippen LogP contribution is -2.27. The molecule has 0 bridgehead atoms. The fourth-order valence-corrected chi connectivity index (χ4v) is 11.8. The van der Waals surface area contributed by atoms with E-state index in [0.29, 0.717) is 77.9 Å². The number of aliphatic carboxylic acids is 1. The van der Waals surface area contributed by atoms with Gasteiger partial charge in [-0.3, -0.25) is 28.2 Å². The number of likely N-dealkylation sites (N-methyl/N-ethyl adjacent to an activating group) is 1. The van der Waals surface area contributed by atoms with E-state index in [2.05, 4.69) is 9.89 Å². The molecule has 5 aromatic rings. The molecule has 1 aromatic heterocycles. The molecule has 372 valence electrons. The van der Waals surface area contributed by atoms with E-state index in [-0.39, 0.29) is 35.4 Å². The number of nitrogens with one attached hydrogen (secondary N) is 1. The maximum absolute atomic E-state index is 13.2. The number of anilines is 1. The molecule has 19 heteroatoms. The van der Waals surface area contributed by atoms with Crippen molar-refractivity contribution in [1.82, 2.24) is 10.3 Å². The maximum Gasteiger partial charge on any atom is 0.303 e. The van der Waals surface area contributed by atoms with E-state index < -0.39 is 56.9 Å². The Morgan fingerprint density at radius 1 is 0.771 bits per heavy atom. The first-order chi connectivity index (χ1) is 32.2. The number of amides is 1. The molecule has 0 radical (unpaired) electrons. The molecular formula is C51H59N4O12S3+. The van der Waals surface area contributed by atoms with Gasteiger partial charge in [-0.1, -0.05) is 39.8 Å². The SMILES string of the molecule is C.CCN1/C(=C/C=C(/C=C/C2=[N+](CC)c3ccc4c(C)cc(S(=O)(=O)O)cc4c3C2(C)C)c2ccc(C(=O)NCCCCCC(=O)O)cn2)C(C)(C)c2c1ccc1c(S(=O)(=O)O)cc(S(=O)(=O)O)cc21. The minimum atomic E-state index is -4.95. The average Bonchev–Trinajstić information content (AvgIpc) is 3.64. The summed E-state index contributed by atoms with van der Waals surface area (Å²) in [7, 11) is -14.4. The number of unbranched alkanes of at least 4 members (excludes halogenated alkanes) is 2. The van der Waals surface area contributed by atoms with Crippen LogP contribution in [0.2, 0.25) is 0 Å². The number of aromatic nitrogens is 1. The number of benzene rings is 4. The number of carboxylic acid groups (broad SMARTS) is 1.